The molecular formula is C11H8BrNO3. The number of imide groups is 1. The van der Waals surface area contributed by atoms with Crippen LogP contribution in [0.4, 0.5) is 0 Å². The summed E-state index contributed by atoms with van der Waals surface area (Å²) in [6.45, 7) is 1.80. The SMILES string of the molecule is Cc1cc(Br)ccc1C1=C(O)C(=O)NC1=O. The number of carbonyl (C=O) groups excluding carboxylic acids is 2. The predicted molar refractivity (Wildman–Crippen MR) is 61.6 cm³/mol. The Balaban J connectivity index is 2.61. The first-order valence-corrected chi connectivity index (χ1v) is 5.35. The first-order valence-electron chi connectivity index (χ1n) is 4.56. The molecule has 0 unspecified atom stereocenters. The van der Waals surface area contributed by atoms with Gasteiger partial charge in [0.25, 0.3) is 11.8 Å². The molecule has 0 fully saturated rings. The second-order valence-corrected chi connectivity index (χ2v) is 4.38. The molecule has 0 radical (unpaired) electrons. The normalized spacial score (nSPS) is 15.6. The van der Waals surface area contributed by atoms with E-state index < -0.39 is 17.6 Å². The molecule has 1 heterocycles. The summed E-state index contributed by atoms with van der Waals surface area (Å²) in [5.74, 6) is -1.83. The van der Waals surface area contributed by atoms with Crippen LogP contribution in [0, 0.1) is 6.92 Å². The van der Waals surface area contributed by atoms with Crippen LogP contribution in [-0.2, 0) is 9.59 Å². The Hall–Kier alpha value is -1.62. The molecule has 0 saturated carbocycles. The highest BCUT2D eigenvalue weighted by Gasteiger charge is 2.31. The highest BCUT2D eigenvalue weighted by atomic mass is 79.9. The molecule has 0 atom stereocenters. The number of rotatable bonds is 1. The molecule has 16 heavy (non-hydrogen) atoms. The van der Waals surface area contributed by atoms with Crippen molar-refractivity contribution in [1.29, 1.82) is 0 Å². The van der Waals surface area contributed by atoms with Gasteiger partial charge in [-0.1, -0.05) is 22.0 Å². The van der Waals surface area contributed by atoms with Gasteiger partial charge in [0.05, 0.1) is 5.57 Å². The number of aliphatic hydroxyl groups excluding tert-OH is 1. The van der Waals surface area contributed by atoms with Gasteiger partial charge in [0.1, 0.15) is 0 Å². The number of hydrogen-bond acceptors (Lipinski definition) is 3. The topological polar surface area (TPSA) is 66.4 Å². The highest BCUT2D eigenvalue weighted by molar-refractivity contribution is 9.10. The van der Waals surface area contributed by atoms with Gasteiger partial charge in [-0.3, -0.25) is 14.9 Å². The molecule has 2 amide bonds. The molecule has 0 aliphatic carbocycles. The lowest BCUT2D eigenvalue weighted by molar-refractivity contribution is -0.124. The van der Waals surface area contributed by atoms with E-state index in [9.17, 15) is 14.7 Å². The largest absolute Gasteiger partial charge is 0.502 e. The van der Waals surface area contributed by atoms with E-state index in [1.54, 1.807) is 19.1 Å². The van der Waals surface area contributed by atoms with Crippen LogP contribution in [0.3, 0.4) is 0 Å². The summed E-state index contributed by atoms with van der Waals surface area (Å²) in [5, 5.41) is 11.6. The van der Waals surface area contributed by atoms with Crippen molar-refractivity contribution in [3.05, 3.63) is 39.6 Å². The van der Waals surface area contributed by atoms with Crippen LogP contribution in [-0.4, -0.2) is 16.9 Å². The van der Waals surface area contributed by atoms with E-state index in [-0.39, 0.29) is 5.57 Å². The van der Waals surface area contributed by atoms with Crippen LogP contribution in [0.5, 0.6) is 0 Å². The van der Waals surface area contributed by atoms with Gasteiger partial charge in [0.15, 0.2) is 5.76 Å². The Labute approximate surface area is 100 Å². The minimum absolute atomic E-state index is 0.0370. The van der Waals surface area contributed by atoms with Gasteiger partial charge in [-0.2, -0.15) is 0 Å². The molecule has 1 aromatic carbocycles. The molecule has 2 N–H and O–H groups in total. The molecule has 2 rings (SSSR count). The van der Waals surface area contributed by atoms with E-state index in [1.165, 1.54) is 0 Å². The molecule has 0 bridgehead atoms. The van der Waals surface area contributed by atoms with Crippen LogP contribution >= 0.6 is 15.9 Å². The van der Waals surface area contributed by atoms with Crippen molar-refractivity contribution < 1.29 is 14.7 Å². The summed E-state index contributed by atoms with van der Waals surface area (Å²) in [6.07, 6.45) is 0. The van der Waals surface area contributed by atoms with Gasteiger partial charge in [-0.15, -0.1) is 0 Å². The van der Waals surface area contributed by atoms with E-state index >= 15 is 0 Å². The summed E-state index contributed by atoms with van der Waals surface area (Å²) in [4.78, 5) is 22.6. The molecule has 82 valence electrons. The second-order valence-electron chi connectivity index (χ2n) is 3.47. The van der Waals surface area contributed by atoms with Crippen molar-refractivity contribution >= 4 is 33.3 Å². The molecule has 0 aromatic heterocycles. The molecular weight excluding hydrogens is 274 g/mol. The Morgan fingerprint density at radius 3 is 2.44 bits per heavy atom. The number of amides is 2. The van der Waals surface area contributed by atoms with Crippen molar-refractivity contribution in [3.63, 3.8) is 0 Å². The fourth-order valence-electron chi connectivity index (χ4n) is 1.60. The Morgan fingerprint density at radius 1 is 1.25 bits per heavy atom. The van der Waals surface area contributed by atoms with Crippen molar-refractivity contribution in [3.8, 4) is 0 Å². The van der Waals surface area contributed by atoms with Crippen molar-refractivity contribution in [2.24, 2.45) is 0 Å². The lowest BCUT2D eigenvalue weighted by atomic mass is 10.0. The summed E-state index contributed by atoms with van der Waals surface area (Å²) < 4.78 is 0.874. The fourth-order valence-corrected chi connectivity index (χ4v) is 2.08. The molecule has 0 saturated heterocycles. The maximum absolute atomic E-state index is 11.5. The third kappa shape index (κ3) is 1.63. The van der Waals surface area contributed by atoms with E-state index in [2.05, 4.69) is 15.9 Å². The second kappa shape index (κ2) is 3.75. The predicted octanol–water partition coefficient (Wildman–Crippen LogP) is 1.68. The highest BCUT2D eigenvalue weighted by Crippen LogP contribution is 2.27. The van der Waals surface area contributed by atoms with E-state index in [1.807, 2.05) is 11.4 Å². The number of benzene rings is 1. The smallest absolute Gasteiger partial charge is 0.293 e. The van der Waals surface area contributed by atoms with Gasteiger partial charge in [0, 0.05) is 4.47 Å². The zero-order chi connectivity index (χ0) is 11.9. The molecule has 5 heteroatoms. The molecule has 1 aromatic rings. The minimum Gasteiger partial charge on any atom is -0.502 e. The lowest BCUT2D eigenvalue weighted by Gasteiger charge is -2.05. The van der Waals surface area contributed by atoms with E-state index in [0.717, 1.165) is 10.0 Å². The molecule has 4 nitrogen and oxygen atoms in total. The number of halogens is 1. The van der Waals surface area contributed by atoms with Gasteiger partial charge in [-0.05, 0) is 30.2 Å². The monoisotopic (exact) mass is 281 g/mol. The van der Waals surface area contributed by atoms with Crippen LogP contribution in [0.2, 0.25) is 0 Å². The number of aliphatic hydroxyl groups is 1. The fraction of sp³-hybridized carbons (Fsp3) is 0.0909. The summed E-state index contributed by atoms with van der Waals surface area (Å²) in [7, 11) is 0. The Bertz CT molecular complexity index is 534. The standard InChI is InChI=1S/C11H8BrNO3/c1-5-4-6(12)2-3-7(5)8-9(14)11(16)13-10(8)15/h2-4H,1H3,(H2,13,14,15,16). The average molecular weight is 282 g/mol. The summed E-state index contributed by atoms with van der Waals surface area (Å²) in [6, 6.07) is 5.24. The van der Waals surface area contributed by atoms with Crippen LogP contribution in [0.1, 0.15) is 11.1 Å². The van der Waals surface area contributed by atoms with Crippen LogP contribution in [0.15, 0.2) is 28.4 Å². The quantitative estimate of drug-likeness (QED) is 0.770. The number of aryl methyl sites for hydroxylation is 1. The Kier molecular flexibility index (Phi) is 2.55. The van der Waals surface area contributed by atoms with Gasteiger partial charge < -0.3 is 5.11 Å². The Morgan fingerprint density at radius 2 is 1.94 bits per heavy atom. The molecule has 0 spiro atoms. The van der Waals surface area contributed by atoms with Crippen LogP contribution in [0.25, 0.3) is 5.57 Å². The van der Waals surface area contributed by atoms with Crippen molar-refractivity contribution in [2.45, 2.75) is 6.92 Å². The zero-order valence-electron chi connectivity index (χ0n) is 8.37. The summed E-state index contributed by atoms with van der Waals surface area (Å²) in [5.41, 5.74) is 1.40. The van der Waals surface area contributed by atoms with E-state index in [4.69, 9.17) is 0 Å². The first-order chi connectivity index (χ1) is 7.50. The summed E-state index contributed by atoms with van der Waals surface area (Å²) >= 11 is 3.30. The molecule has 1 aliphatic heterocycles. The van der Waals surface area contributed by atoms with Crippen LogP contribution < -0.4 is 5.32 Å². The minimum atomic E-state index is -0.748. The number of hydrogen-bond donors (Lipinski definition) is 2. The zero-order valence-corrected chi connectivity index (χ0v) is 9.96. The van der Waals surface area contributed by atoms with Gasteiger partial charge >= 0.3 is 0 Å². The van der Waals surface area contributed by atoms with Gasteiger partial charge in [-0.25, -0.2) is 0 Å². The number of nitrogens with one attached hydrogen (secondary N) is 1. The molecule has 1 aliphatic rings. The van der Waals surface area contributed by atoms with Crippen molar-refractivity contribution in [2.75, 3.05) is 0 Å². The lowest BCUT2D eigenvalue weighted by Crippen LogP contribution is -2.23. The maximum atomic E-state index is 11.5. The third-order valence-corrected chi connectivity index (χ3v) is 2.86. The van der Waals surface area contributed by atoms with Gasteiger partial charge in [0.2, 0.25) is 0 Å². The third-order valence-electron chi connectivity index (χ3n) is 2.36. The van der Waals surface area contributed by atoms with Crippen molar-refractivity contribution in [1.82, 2.24) is 5.32 Å². The first kappa shape index (κ1) is 10.9. The maximum Gasteiger partial charge on any atom is 0.293 e. The average Bonchev–Trinajstić information content (AvgIpc) is 2.43. The number of carbonyl (C=O) groups is 2. The van der Waals surface area contributed by atoms with E-state index in [0.29, 0.717) is 5.56 Å².